The number of carbonyl (C=O) groups excluding carboxylic acids is 1. The second-order valence-corrected chi connectivity index (χ2v) is 6.52. The van der Waals surface area contributed by atoms with E-state index in [0.29, 0.717) is 0 Å². The molecule has 0 N–H and O–H groups in total. The Morgan fingerprint density at radius 2 is 1.91 bits per heavy atom. The molecule has 3 rings (SSSR count). The predicted octanol–water partition coefficient (Wildman–Crippen LogP) is 3.75. The Morgan fingerprint density at radius 3 is 2.65 bits per heavy atom. The van der Waals surface area contributed by atoms with E-state index in [4.69, 9.17) is 11.6 Å². The van der Waals surface area contributed by atoms with Gasteiger partial charge in [-0.25, -0.2) is 0 Å². The van der Waals surface area contributed by atoms with Gasteiger partial charge in [0.25, 0.3) is 0 Å². The van der Waals surface area contributed by atoms with E-state index in [9.17, 15) is 4.79 Å². The Hall–Kier alpha value is -1.84. The SMILES string of the molecule is CC(C(=O)N1CCc2ccccc21)N(C)Cc1ccc(Cl)cc1. The Balaban J connectivity index is 1.69. The van der Waals surface area contributed by atoms with Crippen LogP contribution < -0.4 is 4.90 Å². The second kappa shape index (κ2) is 6.73. The highest BCUT2D eigenvalue weighted by Crippen LogP contribution is 2.28. The molecule has 0 fully saturated rings. The van der Waals surface area contributed by atoms with Crippen LogP contribution in [0.3, 0.4) is 0 Å². The van der Waals surface area contributed by atoms with E-state index in [-0.39, 0.29) is 11.9 Å². The molecule has 0 saturated heterocycles. The van der Waals surface area contributed by atoms with Crippen LogP contribution in [-0.4, -0.2) is 30.4 Å². The number of fused-ring (bicyclic) bond motifs is 1. The zero-order valence-corrected chi connectivity index (χ0v) is 14.3. The lowest BCUT2D eigenvalue weighted by molar-refractivity contribution is -0.122. The predicted molar refractivity (Wildman–Crippen MR) is 94.9 cm³/mol. The standard InChI is InChI=1S/C19H21ClN2O/c1-14(21(2)13-15-7-9-17(20)10-8-15)19(23)22-12-11-16-5-3-4-6-18(16)22/h3-10,14H,11-13H2,1-2H3. The van der Waals surface area contributed by atoms with Gasteiger partial charge in [0.1, 0.15) is 0 Å². The molecule has 0 spiro atoms. The van der Waals surface area contributed by atoms with E-state index in [1.165, 1.54) is 5.56 Å². The zero-order valence-electron chi connectivity index (χ0n) is 13.5. The smallest absolute Gasteiger partial charge is 0.244 e. The minimum atomic E-state index is -0.170. The first-order valence-electron chi connectivity index (χ1n) is 7.90. The summed E-state index contributed by atoms with van der Waals surface area (Å²) < 4.78 is 0. The maximum atomic E-state index is 12.9. The lowest BCUT2D eigenvalue weighted by atomic mass is 10.1. The van der Waals surface area contributed by atoms with Crippen LogP contribution in [0.15, 0.2) is 48.5 Å². The molecular weight excluding hydrogens is 308 g/mol. The highest BCUT2D eigenvalue weighted by molar-refractivity contribution is 6.30. The van der Waals surface area contributed by atoms with Gasteiger partial charge in [-0.05, 0) is 49.7 Å². The van der Waals surface area contributed by atoms with Crippen molar-refractivity contribution in [1.29, 1.82) is 0 Å². The molecule has 3 nitrogen and oxygen atoms in total. The summed E-state index contributed by atoms with van der Waals surface area (Å²) in [5, 5.41) is 0.731. The fourth-order valence-electron chi connectivity index (χ4n) is 3.00. The third kappa shape index (κ3) is 3.41. The minimum absolute atomic E-state index is 0.159. The molecule has 0 aliphatic carbocycles. The Morgan fingerprint density at radius 1 is 1.22 bits per heavy atom. The highest BCUT2D eigenvalue weighted by atomic mass is 35.5. The monoisotopic (exact) mass is 328 g/mol. The third-order valence-corrected chi connectivity index (χ3v) is 4.77. The van der Waals surface area contributed by atoms with Crippen molar-refractivity contribution in [3.63, 3.8) is 0 Å². The van der Waals surface area contributed by atoms with E-state index in [1.54, 1.807) is 0 Å². The van der Waals surface area contributed by atoms with Crippen molar-refractivity contribution in [2.75, 3.05) is 18.5 Å². The molecule has 1 amide bonds. The molecule has 120 valence electrons. The van der Waals surface area contributed by atoms with Gasteiger partial charge >= 0.3 is 0 Å². The molecule has 1 unspecified atom stereocenters. The summed E-state index contributed by atoms with van der Waals surface area (Å²) in [4.78, 5) is 16.8. The van der Waals surface area contributed by atoms with E-state index in [0.717, 1.165) is 35.8 Å². The van der Waals surface area contributed by atoms with Crippen molar-refractivity contribution in [3.8, 4) is 0 Å². The Labute approximate surface area is 142 Å². The van der Waals surface area contributed by atoms with Crippen molar-refractivity contribution in [3.05, 3.63) is 64.7 Å². The lowest BCUT2D eigenvalue weighted by Crippen LogP contribution is -2.44. The number of carbonyl (C=O) groups is 1. The summed E-state index contributed by atoms with van der Waals surface area (Å²) in [6.45, 7) is 3.47. The normalized spacial score (nSPS) is 14.9. The highest BCUT2D eigenvalue weighted by Gasteiger charge is 2.29. The van der Waals surface area contributed by atoms with Crippen LogP contribution in [0.5, 0.6) is 0 Å². The first kappa shape index (κ1) is 16.0. The molecule has 1 heterocycles. The maximum absolute atomic E-state index is 12.9. The molecule has 1 aliphatic rings. The van der Waals surface area contributed by atoms with Gasteiger partial charge in [0, 0.05) is 23.8 Å². The van der Waals surface area contributed by atoms with E-state index < -0.39 is 0 Å². The number of likely N-dealkylation sites (N-methyl/N-ethyl adjacent to an activating group) is 1. The number of nitrogens with zero attached hydrogens (tertiary/aromatic N) is 2. The molecule has 1 atom stereocenters. The minimum Gasteiger partial charge on any atom is -0.310 e. The molecule has 1 aliphatic heterocycles. The molecule has 2 aromatic rings. The van der Waals surface area contributed by atoms with E-state index in [2.05, 4.69) is 11.0 Å². The van der Waals surface area contributed by atoms with Gasteiger partial charge in [0.2, 0.25) is 5.91 Å². The third-order valence-electron chi connectivity index (χ3n) is 4.52. The average molecular weight is 329 g/mol. The zero-order chi connectivity index (χ0) is 16.4. The average Bonchev–Trinajstić information content (AvgIpc) is 2.99. The fraction of sp³-hybridized carbons (Fsp3) is 0.316. The van der Waals surface area contributed by atoms with E-state index >= 15 is 0 Å². The number of para-hydroxylation sites is 1. The molecule has 4 heteroatoms. The number of amides is 1. The number of halogens is 1. The van der Waals surface area contributed by atoms with Gasteiger partial charge in [-0.1, -0.05) is 41.9 Å². The van der Waals surface area contributed by atoms with Crippen LogP contribution in [0.2, 0.25) is 5.02 Å². The van der Waals surface area contributed by atoms with Crippen molar-refractivity contribution in [1.82, 2.24) is 4.90 Å². The molecule has 0 aromatic heterocycles. The van der Waals surface area contributed by atoms with Gasteiger partial charge in [0.15, 0.2) is 0 Å². The van der Waals surface area contributed by atoms with Crippen molar-refractivity contribution in [2.24, 2.45) is 0 Å². The van der Waals surface area contributed by atoms with Crippen molar-refractivity contribution in [2.45, 2.75) is 25.9 Å². The van der Waals surface area contributed by atoms with Crippen LogP contribution in [0.25, 0.3) is 0 Å². The summed E-state index contributed by atoms with van der Waals surface area (Å²) >= 11 is 5.92. The van der Waals surface area contributed by atoms with Crippen molar-refractivity contribution >= 4 is 23.2 Å². The van der Waals surface area contributed by atoms with E-state index in [1.807, 2.05) is 61.3 Å². The number of benzene rings is 2. The molecule has 23 heavy (non-hydrogen) atoms. The molecular formula is C19H21ClN2O. The van der Waals surface area contributed by atoms with Gasteiger partial charge in [-0.15, -0.1) is 0 Å². The van der Waals surface area contributed by atoms with Crippen LogP contribution >= 0.6 is 11.6 Å². The summed E-state index contributed by atoms with van der Waals surface area (Å²) in [6.07, 6.45) is 0.940. The van der Waals surface area contributed by atoms with Crippen LogP contribution in [0.1, 0.15) is 18.1 Å². The lowest BCUT2D eigenvalue weighted by Gasteiger charge is -2.28. The summed E-state index contributed by atoms with van der Waals surface area (Å²) in [5.74, 6) is 0.159. The first-order valence-corrected chi connectivity index (χ1v) is 8.28. The van der Waals surface area contributed by atoms with Gasteiger partial charge in [-0.3, -0.25) is 9.69 Å². The van der Waals surface area contributed by atoms with Gasteiger partial charge in [-0.2, -0.15) is 0 Å². The van der Waals surface area contributed by atoms with Crippen LogP contribution in [0, 0.1) is 0 Å². The number of anilines is 1. The van der Waals surface area contributed by atoms with Crippen molar-refractivity contribution < 1.29 is 4.79 Å². The van der Waals surface area contributed by atoms with Crippen LogP contribution in [-0.2, 0) is 17.8 Å². The topological polar surface area (TPSA) is 23.6 Å². The number of hydrogen-bond acceptors (Lipinski definition) is 2. The Bertz CT molecular complexity index is 699. The summed E-state index contributed by atoms with van der Waals surface area (Å²) in [6, 6.07) is 15.8. The number of rotatable bonds is 4. The second-order valence-electron chi connectivity index (χ2n) is 6.09. The largest absolute Gasteiger partial charge is 0.310 e. The summed E-state index contributed by atoms with van der Waals surface area (Å²) in [7, 11) is 1.99. The quantitative estimate of drug-likeness (QED) is 0.853. The first-order chi connectivity index (χ1) is 11.1. The van der Waals surface area contributed by atoms with Gasteiger partial charge in [0.05, 0.1) is 6.04 Å². The molecule has 0 saturated carbocycles. The van der Waals surface area contributed by atoms with Gasteiger partial charge < -0.3 is 4.90 Å². The maximum Gasteiger partial charge on any atom is 0.244 e. The fourth-order valence-corrected chi connectivity index (χ4v) is 3.12. The molecule has 0 bridgehead atoms. The molecule has 2 aromatic carbocycles. The Kier molecular flexibility index (Phi) is 4.69. The number of hydrogen-bond donors (Lipinski definition) is 0. The van der Waals surface area contributed by atoms with Crippen LogP contribution in [0.4, 0.5) is 5.69 Å². The molecule has 0 radical (unpaired) electrons. The summed E-state index contributed by atoms with van der Waals surface area (Å²) in [5.41, 5.74) is 3.47.